The number of hydrogen-bond donors (Lipinski definition) is 0. The number of esters is 1. The molecule has 1 aliphatic heterocycles. The molecule has 0 fully saturated rings. The summed E-state index contributed by atoms with van der Waals surface area (Å²) in [4.78, 5) is 30.1. The summed E-state index contributed by atoms with van der Waals surface area (Å²) in [6, 6.07) is 14.9. The average molecular weight is 354 g/mol. The summed E-state index contributed by atoms with van der Waals surface area (Å²) in [7, 11) is 0. The standard InChI is InChI=1S/C18H14N2O4S/c21-17-11-23-14-7-3-2-6-13(14)20(17)9-18(22)24-10-16-19-12-5-1-4-8-15(12)25-16/h1-8H,9-11H2. The van der Waals surface area contributed by atoms with Crippen molar-refractivity contribution in [3.63, 3.8) is 0 Å². The number of rotatable bonds is 4. The van der Waals surface area contributed by atoms with Crippen molar-refractivity contribution < 1.29 is 19.1 Å². The second kappa shape index (κ2) is 6.52. The number of fused-ring (bicyclic) bond motifs is 2. The van der Waals surface area contributed by atoms with Crippen LogP contribution in [0.2, 0.25) is 0 Å². The molecule has 25 heavy (non-hydrogen) atoms. The summed E-state index contributed by atoms with van der Waals surface area (Å²) >= 11 is 1.49. The lowest BCUT2D eigenvalue weighted by Crippen LogP contribution is -2.42. The predicted octanol–water partition coefficient (Wildman–Crippen LogP) is 2.77. The Morgan fingerprint density at radius 1 is 1.20 bits per heavy atom. The van der Waals surface area contributed by atoms with Gasteiger partial charge in [-0.2, -0.15) is 0 Å². The Morgan fingerprint density at radius 3 is 2.88 bits per heavy atom. The van der Waals surface area contributed by atoms with Crippen LogP contribution >= 0.6 is 11.3 Å². The summed E-state index contributed by atoms with van der Waals surface area (Å²) in [6.07, 6.45) is 0. The van der Waals surface area contributed by atoms with Crippen LogP contribution < -0.4 is 9.64 Å². The predicted molar refractivity (Wildman–Crippen MR) is 93.7 cm³/mol. The molecule has 6 nitrogen and oxygen atoms in total. The largest absolute Gasteiger partial charge is 0.482 e. The van der Waals surface area contributed by atoms with E-state index in [0.29, 0.717) is 11.4 Å². The molecule has 0 saturated heterocycles. The summed E-state index contributed by atoms with van der Waals surface area (Å²) < 4.78 is 11.7. The molecule has 1 amide bonds. The number of carbonyl (C=O) groups excluding carboxylic acids is 2. The fourth-order valence-corrected chi connectivity index (χ4v) is 3.51. The maximum atomic E-state index is 12.2. The zero-order chi connectivity index (χ0) is 17.2. The van der Waals surface area contributed by atoms with Crippen LogP contribution in [0.3, 0.4) is 0 Å². The molecule has 0 aliphatic carbocycles. The maximum Gasteiger partial charge on any atom is 0.326 e. The third-order valence-electron chi connectivity index (χ3n) is 3.79. The summed E-state index contributed by atoms with van der Waals surface area (Å²) in [5.74, 6) is -0.166. The molecule has 0 atom stereocenters. The number of nitrogens with zero attached hydrogens (tertiary/aromatic N) is 2. The fraction of sp³-hybridized carbons (Fsp3) is 0.167. The van der Waals surface area contributed by atoms with E-state index in [1.165, 1.54) is 16.2 Å². The summed E-state index contributed by atoms with van der Waals surface area (Å²) in [5.41, 5.74) is 1.46. The van der Waals surface area contributed by atoms with Crippen LogP contribution in [-0.4, -0.2) is 30.0 Å². The third kappa shape index (κ3) is 3.18. The molecule has 1 aromatic heterocycles. The Bertz CT molecular complexity index is 920. The van der Waals surface area contributed by atoms with Crippen LogP contribution in [-0.2, 0) is 20.9 Å². The van der Waals surface area contributed by atoms with Crippen LogP contribution in [0, 0.1) is 0 Å². The molecule has 3 aromatic rings. The Kier molecular flexibility index (Phi) is 4.07. The molecule has 0 saturated carbocycles. The van der Waals surface area contributed by atoms with Gasteiger partial charge >= 0.3 is 5.97 Å². The number of amides is 1. The van der Waals surface area contributed by atoms with Crippen molar-refractivity contribution in [1.29, 1.82) is 0 Å². The number of benzene rings is 2. The fourth-order valence-electron chi connectivity index (χ4n) is 2.63. The Morgan fingerprint density at radius 2 is 2.00 bits per heavy atom. The summed E-state index contributed by atoms with van der Waals surface area (Å²) in [5, 5.41) is 0.725. The van der Waals surface area contributed by atoms with E-state index in [0.717, 1.165) is 15.2 Å². The SMILES string of the molecule is O=C(CN1C(=O)COc2ccccc21)OCc1nc2ccccc2s1. The van der Waals surface area contributed by atoms with Gasteiger partial charge in [0.25, 0.3) is 5.91 Å². The molecule has 2 heterocycles. The lowest BCUT2D eigenvalue weighted by Gasteiger charge is -2.28. The van der Waals surface area contributed by atoms with E-state index in [4.69, 9.17) is 9.47 Å². The summed E-state index contributed by atoms with van der Waals surface area (Å²) in [6.45, 7) is -0.134. The monoisotopic (exact) mass is 354 g/mol. The van der Waals surface area contributed by atoms with Gasteiger partial charge in [0.15, 0.2) is 6.61 Å². The second-order valence-corrected chi connectivity index (χ2v) is 6.59. The van der Waals surface area contributed by atoms with E-state index in [9.17, 15) is 9.59 Å². The van der Waals surface area contributed by atoms with Crippen LogP contribution in [0.4, 0.5) is 5.69 Å². The smallest absolute Gasteiger partial charge is 0.326 e. The van der Waals surface area contributed by atoms with E-state index in [2.05, 4.69) is 4.98 Å². The van der Waals surface area contributed by atoms with Gasteiger partial charge in [-0.3, -0.25) is 14.5 Å². The van der Waals surface area contributed by atoms with Crippen molar-refractivity contribution in [2.24, 2.45) is 0 Å². The average Bonchev–Trinajstić information content (AvgIpc) is 3.05. The van der Waals surface area contributed by atoms with E-state index in [1.807, 2.05) is 30.3 Å². The first-order chi connectivity index (χ1) is 12.2. The molecule has 126 valence electrons. The molecule has 1 aliphatic rings. The minimum Gasteiger partial charge on any atom is -0.482 e. The first-order valence-corrected chi connectivity index (χ1v) is 8.54. The first kappa shape index (κ1) is 15.6. The van der Waals surface area contributed by atoms with Gasteiger partial charge in [0.05, 0.1) is 15.9 Å². The van der Waals surface area contributed by atoms with E-state index >= 15 is 0 Å². The van der Waals surface area contributed by atoms with Crippen molar-refractivity contribution in [3.8, 4) is 5.75 Å². The number of ether oxygens (including phenoxy) is 2. The number of para-hydroxylation sites is 3. The molecular weight excluding hydrogens is 340 g/mol. The van der Waals surface area contributed by atoms with Crippen molar-refractivity contribution in [2.45, 2.75) is 6.61 Å². The quantitative estimate of drug-likeness (QED) is 0.674. The molecular formula is C18H14N2O4S. The van der Waals surface area contributed by atoms with Gasteiger partial charge < -0.3 is 9.47 Å². The lowest BCUT2D eigenvalue weighted by molar-refractivity contribution is -0.144. The van der Waals surface area contributed by atoms with Crippen molar-refractivity contribution >= 4 is 39.1 Å². The van der Waals surface area contributed by atoms with Crippen molar-refractivity contribution in [2.75, 3.05) is 18.1 Å². The highest BCUT2D eigenvalue weighted by Gasteiger charge is 2.27. The second-order valence-electron chi connectivity index (χ2n) is 5.47. The van der Waals surface area contributed by atoms with Gasteiger partial charge in [0.1, 0.15) is 23.9 Å². The highest BCUT2D eigenvalue weighted by atomic mass is 32.1. The topological polar surface area (TPSA) is 68.7 Å². The Hall–Kier alpha value is -2.93. The van der Waals surface area contributed by atoms with Crippen molar-refractivity contribution in [1.82, 2.24) is 4.98 Å². The van der Waals surface area contributed by atoms with Gasteiger partial charge in [0, 0.05) is 0 Å². The number of anilines is 1. The van der Waals surface area contributed by atoms with Gasteiger partial charge in [-0.15, -0.1) is 11.3 Å². The van der Waals surface area contributed by atoms with Crippen molar-refractivity contribution in [3.05, 3.63) is 53.5 Å². The minimum absolute atomic E-state index is 0.0812. The molecule has 4 rings (SSSR count). The molecule has 0 radical (unpaired) electrons. The van der Waals surface area contributed by atoms with E-state index in [1.54, 1.807) is 18.2 Å². The van der Waals surface area contributed by atoms with Crippen LogP contribution in [0.25, 0.3) is 10.2 Å². The zero-order valence-corrected chi connectivity index (χ0v) is 14.0. The minimum atomic E-state index is -0.482. The number of aromatic nitrogens is 1. The molecule has 0 spiro atoms. The van der Waals surface area contributed by atoms with Gasteiger partial charge in [-0.1, -0.05) is 24.3 Å². The van der Waals surface area contributed by atoms with Crippen LogP contribution in [0.15, 0.2) is 48.5 Å². The molecule has 2 aromatic carbocycles. The number of carbonyl (C=O) groups is 2. The van der Waals surface area contributed by atoms with Gasteiger partial charge in [-0.05, 0) is 24.3 Å². The lowest BCUT2D eigenvalue weighted by atomic mass is 10.2. The highest BCUT2D eigenvalue weighted by Crippen LogP contribution is 2.31. The van der Waals surface area contributed by atoms with Crippen LogP contribution in [0.5, 0.6) is 5.75 Å². The van der Waals surface area contributed by atoms with Gasteiger partial charge in [0.2, 0.25) is 0 Å². The normalized spacial score (nSPS) is 13.4. The number of thiazole rings is 1. The molecule has 7 heteroatoms. The Balaban J connectivity index is 1.43. The third-order valence-corrected chi connectivity index (χ3v) is 4.80. The Labute approximate surface area is 147 Å². The van der Waals surface area contributed by atoms with E-state index < -0.39 is 5.97 Å². The van der Waals surface area contributed by atoms with Crippen LogP contribution in [0.1, 0.15) is 5.01 Å². The van der Waals surface area contributed by atoms with Gasteiger partial charge in [-0.25, -0.2) is 4.98 Å². The highest BCUT2D eigenvalue weighted by molar-refractivity contribution is 7.18. The zero-order valence-electron chi connectivity index (χ0n) is 13.2. The molecule has 0 bridgehead atoms. The number of hydrogen-bond acceptors (Lipinski definition) is 6. The maximum absolute atomic E-state index is 12.2. The molecule has 0 unspecified atom stereocenters. The molecule has 0 N–H and O–H groups in total. The van der Waals surface area contributed by atoms with E-state index in [-0.39, 0.29) is 25.7 Å². The first-order valence-electron chi connectivity index (χ1n) is 7.73.